The molecule has 2 amide bonds. The lowest BCUT2D eigenvalue weighted by molar-refractivity contribution is 0.146. The highest BCUT2D eigenvalue weighted by Gasteiger charge is 2.31. The van der Waals surface area contributed by atoms with Gasteiger partial charge in [-0.05, 0) is 68.1 Å². The fourth-order valence-electron chi connectivity index (χ4n) is 7.03. The van der Waals surface area contributed by atoms with Gasteiger partial charge in [0.25, 0.3) is 12.0 Å². The van der Waals surface area contributed by atoms with Crippen LogP contribution in [0.1, 0.15) is 47.7 Å². The SMILES string of the molecule is CNC(=O)NCCCN(C)C1CCc2cc(-c3cccc(-c4cccc(Nc5nc(C(F)F)cc6c5c(=O)n(C)c(=O)n6C)c4C)c3Cl)nc(OC)c21. The van der Waals surface area contributed by atoms with Crippen LogP contribution in [-0.2, 0) is 20.5 Å². The van der Waals surface area contributed by atoms with Crippen LogP contribution in [-0.4, -0.2) is 64.3 Å². The fourth-order valence-corrected chi connectivity index (χ4v) is 7.35. The third-order valence-electron chi connectivity index (χ3n) is 9.90. The number of nitrogens with one attached hydrogen (secondary N) is 3. The zero-order valence-electron chi connectivity index (χ0n) is 30.3. The van der Waals surface area contributed by atoms with Gasteiger partial charge in [-0.3, -0.25) is 18.8 Å². The zero-order chi connectivity index (χ0) is 38.1. The third-order valence-corrected chi connectivity index (χ3v) is 10.3. The molecule has 6 rings (SSSR count). The number of urea groups is 1. The Kier molecular flexibility index (Phi) is 10.8. The van der Waals surface area contributed by atoms with Crippen molar-refractivity contribution < 1.29 is 18.3 Å². The minimum Gasteiger partial charge on any atom is -0.481 e. The van der Waals surface area contributed by atoms with E-state index in [2.05, 4.69) is 38.9 Å². The number of amides is 2. The average molecular weight is 747 g/mol. The van der Waals surface area contributed by atoms with Gasteiger partial charge in [-0.1, -0.05) is 41.9 Å². The first-order valence-corrected chi connectivity index (χ1v) is 17.5. The van der Waals surface area contributed by atoms with E-state index in [1.165, 1.54) is 14.1 Å². The van der Waals surface area contributed by atoms with Crippen molar-refractivity contribution in [3.05, 3.63) is 96.8 Å². The van der Waals surface area contributed by atoms with E-state index in [0.29, 0.717) is 40.0 Å². The summed E-state index contributed by atoms with van der Waals surface area (Å²) in [6.45, 7) is 3.20. The van der Waals surface area contributed by atoms with Gasteiger partial charge in [-0.15, -0.1) is 0 Å². The molecule has 2 aromatic carbocycles. The molecule has 1 atom stereocenters. The van der Waals surface area contributed by atoms with Crippen molar-refractivity contribution in [3.8, 4) is 28.3 Å². The molecule has 15 heteroatoms. The van der Waals surface area contributed by atoms with Gasteiger partial charge in [0.2, 0.25) is 5.88 Å². The molecule has 12 nitrogen and oxygen atoms in total. The Balaban J connectivity index is 1.34. The summed E-state index contributed by atoms with van der Waals surface area (Å²) in [5.74, 6) is 0.446. The molecule has 0 aliphatic heterocycles. The van der Waals surface area contributed by atoms with Crippen LogP contribution in [0.25, 0.3) is 33.3 Å². The van der Waals surface area contributed by atoms with Crippen LogP contribution < -0.4 is 31.9 Å². The maximum absolute atomic E-state index is 14.0. The van der Waals surface area contributed by atoms with Crippen molar-refractivity contribution in [3.63, 3.8) is 0 Å². The second-order valence-electron chi connectivity index (χ2n) is 13.1. The number of rotatable bonds is 11. The highest BCUT2D eigenvalue weighted by Crippen LogP contribution is 2.44. The Morgan fingerprint density at radius 2 is 1.79 bits per heavy atom. The Bertz CT molecular complexity index is 2350. The number of hydrogen-bond donors (Lipinski definition) is 3. The molecule has 53 heavy (non-hydrogen) atoms. The lowest BCUT2D eigenvalue weighted by Gasteiger charge is -2.26. The summed E-state index contributed by atoms with van der Waals surface area (Å²) in [4.78, 5) is 48.7. The van der Waals surface area contributed by atoms with Gasteiger partial charge < -0.3 is 20.7 Å². The van der Waals surface area contributed by atoms with E-state index in [1.807, 2.05) is 31.2 Å². The van der Waals surface area contributed by atoms with Crippen LogP contribution in [0.3, 0.4) is 0 Å². The molecule has 0 saturated carbocycles. The first-order chi connectivity index (χ1) is 25.4. The number of methoxy groups -OCH3 is 1. The number of hydrogen-bond acceptors (Lipinski definition) is 8. The first-order valence-electron chi connectivity index (χ1n) is 17.1. The molecule has 0 saturated heterocycles. The summed E-state index contributed by atoms with van der Waals surface area (Å²) in [6, 6.07) is 14.2. The number of aryl methyl sites for hydroxylation is 2. The Morgan fingerprint density at radius 3 is 2.51 bits per heavy atom. The van der Waals surface area contributed by atoms with Crippen molar-refractivity contribution in [1.29, 1.82) is 0 Å². The second-order valence-corrected chi connectivity index (χ2v) is 13.4. The molecule has 5 aromatic rings. The van der Waals surface area contributed by atoms with Gasteiger partial charge in [0, 0.05) is 62.7 Å². The molecule has 0 radical (unpaired) electrons. The Hall–Kier alpha value is -5.34. The van der Waals surface area contributed by atoms with Gasteiger partial charge in [-0.25, -0.2) is 28.3 Å². The predicted octanol–water partition coefficient (Wildman–Crippen LogP) is 6.25. The second kappa shape index (κ2) is 15.3. The summed E-state index contributed by atoms with van der Waals surface area (Å²) in [7, 11) is 8.01. The quantitative estimate of drug-likeness (QED) is 0.135. The number of nitrogens with zero attached hydrogens (tertiary/aromatic N) is 5. The van der Waals surface area contributed by atoms with Crippen LogP contribution in [0.15, 0.2) is 58.1 Å². The molecule has 278 valence electrons. The molecule has 0 fully saturated rings. The molecule has 1 aliphatic carbocycles. The molecule has 3 N–H and O–H groups in total. The summed E-state index contributed by atoms with van der Waals surface area (Å²) < 4.78 is 35.9. The number of pyridine rings is 2. The number of anilines is 2. The summed E-state index contributed by atoms with van der Waals surface area (Å²) >= 11 is 7.18. The van der Waals surface area contributed by atoms with Gasteiger partial charge in [0.15, 0.2) is 0 Å². The van der Waals surface area contributed by atoms with Crippen LogP contribution in [0.4, 0.5) is 25.1 Å². The minimum absolute atomic E-state index is 0.00641. The summed E-state index contributed by atoms with van der Waals surface area (Å²) in [5.41, 5.74) is 4.44. The number of carbonyl (C=O) groups excluding carboxylic acids is 1. The maximum atomic E-state index is 14.0. The number of halogens is 3. The molecular formula is C38H41ClF2N8O4. The van der Waals surface area contributed by atoms with E-state index in [4.69, 9.17) is 21.3 Å². The van der Waals surface area contributed by atoms with Gasteiger partial charge in [-0.2, -0.15) is 0 Å². The molecule has 3 aromatic heterocycles. The molecule has 1 aliphatic rings. The van der Waals surface area contributed by atoms with Crippen molar-refractivity contribution in [2.45, 2.75) is 38.7 Å². The van der Waals surface area contributed by atoms with Crippen molar-refractivity contribution in [1.82, 2.24) is 34.6 Å². The monoisotopic (exact) mass is 746 g/mol. The van der Waals surface area contributed by atoms with E-state index in [9.17, 15) is 23.2 Å². The molecule has 3 heterocycles. The molecule has 1 unspecified atom stereocenters. The standard InChI is InChI=1S/C38H41ClF2N8O4/c1-20-22(10-8-13-25(20)44-34-31-29(19-27(45-34)33(40)41)48(4)38(52)49(5)36(31)50)23-11-7-12-24(32(23)39)26-18-21-14-15-28(30(21)35(46-26)53-6)47(3)17-9-16-43-37(51)42-2/h7-8,10-13,18-19,28,33H,9,14-17H2,1-6H3,(H,44,45)(H2,42,43,51). The van der Waals surface area contributed by atoms with E-state index < -0.39 is 23.4 Å². The van der Waals surface area contributed by atoms with Crippen LogP contribution in [0.2, 0.25) is 5.02 Å². The third kappa shape index (κ3) is 7.08. The summed E-state index contributed by atoms with van der Waals surface area (Å²) in [6.07, 6.45) is -0.411. The van der Waals surface area contributed by atoms with Crippen LogP contribution in [0, 0.1) is 6.92 Å². The van der Waals surface area contributed by atoms with Crippen molar-refractivity contribution in [2.75, 3.05) is 39.6 Å². The number of alkyl halides is 2. The number of benzene rings is 2. The first kappa shape index (κ1) is 37.4. The predicted molar refractivity (Wildman–Crippen MR) is 203 cm³/mol. The Labute approximate surface area is 309 Å². The van der Waals surface area contributed by atoms with E-state index in [0.717, 1.165) is 63.3 Å². The van der Waals surface area contributed by atoms with Gasteiger partial charge in [0.05, 0.1) is 23.3 Å². The number of ether oxygens (including phenoxy) is 1. The number of fused-ring (bicyclic) bond motifs is 2. The lowest BCUT2D eigenvalue weighted by Crippen LogP contribution is -2.37. The van der Waals surface area contributed by atoms with E-state index in [1.54, 1.807) is 26.3 Å². The maximum Gasteiger partial charge on any atom is 0.330 e. The van der Waals surface area contributed by atoms with Gasteiger partial charge in [0.1, 0.15) is 16.9 Å². The Morgan fingerprint density at radius 1 is 1.08 bits per heavy atom. The minimum atomic E-state index is -2.93. The van der Waals surface area contributed by atoms with Crippen LogP contribution in [0.5, 0.6) is 5.88 Å². The number of aromatic nitrogens is 4. The molecular weight excluding hydrogens is 706 g/mol. The van der Waals surface area contributed by atoms with Crippen molar-refractivity contribution >= 4 is 40.0 Å². The zero-order valence-corrected chi connectivity index (χ0v) is 31.1. The van der Waals surface area contributed by atoms with Crippen LogP contribution >= 0.6 is 11.6 Å². The average Bonchev–Trinajstić information content (AvgIpc) is 3.59. The van der Waals surface area contributed by atoms with E-state index >= 15 is 0 Å². The largest absolute Gasteiger partial charge is 0.481 e. The normalized spacial score (nSPS) is 13.8. The smallest absolute Gasteiger partial charge is 0.330 e. The highest BCUT2D eigenvalue weighted by molar-refractivity contribution is 6.36. The highest BCUT2D eigenvalue weighted by atomic mass is 35.5. The molecule has 0 bridgehead atoms. The molecule has 0 spiro atoms. The topological polar surface area (TPSA) is 135 Å². The van der Waals surface area contributed by atoms with Gasteiger partial charge >= 0.3 is 11.7 Å². The lowest BCUT2D eigenvalue weighted by atomic mass is 9.96. The fraction of sp³-hybridized carbons (Fsp3) is 0.342. The van der Waals surface area contributed by atoms with E-state index in [-0.39, 0.29) is 28.8 Å². The summed E-state index contributed by atoms with van der Waals surface area (Å²) in [5, 5.41) is 8.96. The number of carbonyl (C=O) groups is 1. The van der Waals surface area contributed by atoms with Crippen molar-refractivity contribution in [2.24, 2.45) is 14.1 Å².